The smallest absolute Gasteiger partial charge is 0.140 e. The first kappa shape index (κ1) is 9.78. The van der Waals surface area contributed by atoms with E-state index < -0.39 is 5.82 Å². The van der Waals surface area contributed by atoms with Crippen molar-refractivity contribution in [3.8, 4) is 0 Å². The largest absolute Gasteiger partial charge is 0.206 e. The fourth-order valence-electron chi connectivity index (χ4n) is 0.544. The minimum atomic E-state index is -0.469. The molecule has 0 fully saturated rings. The summed E-state index contributed by atoms with van der Waals surface area (Å²) in [6.45, 7) is 0. The molecule has 0 nitrogen and oxygen atoms in total. The summed E-state index contributed by atoms with van der Waals surface area (Å²) in [5.74, 6) is -0.469. The van der Waals surface area contributed by atoms with Crippen LogP contribution >= 0.6 is 55.1 Å². The van der Waals surface area contributed by atoms with Gasteiger partial charge in [0.05, 0.1) is 19.0 Å². The summed E-state index contributed by atoms with van der Waals surface area (Å²) in [6.07, 6.45) is 0. The van der Waals surface area contributed by atoms with Gasteiger partial charge in [-0.2, -0.15) is 0 Å². The molecule has 0 aliphatic rings. The van der Waals surface area contributed by atoms with Gasteiger partial charge in [0.2, 0.25) is 0 Å². The van der Waals surface area contributed by atoms with E-state index in [1.54, 1.807) is 0 Å². The third-order valence-corrected chi connectivity index (χ3v) is 4.02. The molecule has 0 aliphatic carbocycles. The van der Waals surface area contributed by atoms with Crippen LogP contribution in [-0.4, -0.2) is 0 Å². The second-order valence-corrected chi connectivity index (χ2v) is 4.15. The van der Waals surface area contributed by atoms with E-state index in [9.17, 15) is 4.39 Å². The summed E-state index contributed by atoms with van der Waals surface area (Å²) in [5.41, 5.74) is 0. The Morgan fingerprint density at radius 1 is 1.18 bits per heavy atom. The summed E-state index contributed by atoms with van der Waals surface area (Å²) in [4.78, 5) is 0. The summed E-state index contributed by atoms with van der Waals surface area (Å²) < 4.78 is 13.5. The fourth-order valence-corrected chi connectivity index (χ4v) is 1.87. The van der Waals surface area contributed by atoms with Crippen molar-refractivity contribution < 1.29 is 4.39 Å². The lowest BCUT2D eigenvalue weighted by Gasteiger charge is -2.02. The van der Waals surface area contributed by atoms with Crippen LogP contribution in [0.4, 0.5) is 4.39 Å². The lowest BCUT2D eigenvalue weighted by atomic mass is 10.3. The number of benzene rings is 1. The second-order valence-electron chi connectivity index (χ2n) is 1.78. The first-order chi connectivity index (χ1) is 5.04. The van der Waals surface area contributed by atoms with E-state index in [0.717, 1.165) is 0 Å². The van der Waals surface area contributed by atoms with Crippen molar-refractivity contribution in [2.24, 2.45) is 0 Å². The molecular formula is C6HBr2Cl2F. The van der Waals surface area contributed by atoms with Crippen molar-refractivity contribution in [3.63, 3.8) is 0 Å². The Balaban J connectivity index is 3.46. The van der Waals surface area contributed by atoms with Gasteiger partial charge in [0, 0.05) is 0 Å². The fraction of sp³-hybridized carbons (Fsp3) is 0. The number of hydrogen-bond donors (Lipinski definition) is 0. The Labute approximate surface area is 89.9 Å². The van der Waals surface area contributed by atoms with E-state index in [1.807, 2.05) is 0 Å². The van der Waals surface area contributed by atoms with Crippen LogP contribution in [-0.2, 0) is 0 Å². The molecule has 0 radical (unpaired) electrons. The lowest BCUT2D eigenvalue weighted by molar-refractivity contribution is 0.621. The normalized spacial score (nSPS) is 10.3. The Hall–Kier alpha value is 0.690. The average molecular weight is 323 g/mol. The highest BCUT2D eigenvalue weighted by molar-refractivity contribution is 9.11. The molecule has 0 bridgehead atoms. The summed E-state index contributed by atoms with van der Waals surface area (Å²) >= 11 is 17.3. The highest BCUT2D eigenvalue weighted by Crippen LogP contribution is 2.37. The minimum Gasteiger partial charge on any atom is -0.206 e. The molecule has 0 unspecified atom stereocenters. The van der Waals surface area contributed by atoms with Crippen molar-refractivity contribution in [1.29, 1.82) is 0 Å². The van der Waals surface area contributed by atoms with Crippen LogP contribution in [0.15, 0.2) is 15.0 Å². The first-order valence-corrected chi connectivity index (χ1v) is 4.86. The zero-order valence-corrected chi connectivity index (χ0v) is 9.65. The van der Waals surface area contributed by atoms with E-state index in [-0.39, 0.29) is 14.5 Å². The molecule has 0 aromatic heterocycles. The van der Waals surface area contributed by atoms with Crippen LogP contribution in [0, 0.1) is 5.82 Å². The van der Waals surface area contributed by atoms with Gasteiger partial charge in [-0.15, -0.1) is 0 Å². The molecule has 0 atom stereocenters. The van der Waals surface area contributed by atoms with Crippen LogP contribution in [0.25, 0.3) is 0 Å². The van der Waals surface area contributed by atoms with Crippen LogP contribution in [0.5, 0.6) is 0 Å². The highest BCUT2D eigenvalue weighted by Gasteiger charge is 2.11. The van der Waals surface area contributed by atoms with Gasteiger partial charge in [-0.25, -0.2) is 4.39 Å². The van der Waals surface area contributed by atoms with Crippen LogP contribution in [0.1, 0.15) is 0 Å². The first-order valence-electron chi connectivity index (χ1n) is 2.52. The van der Waals surface area contributed by atoms with E-state index in [2.05, 4.69) is 31.9 Å². The van der Waals surface area contributed by atoms with Gasteiger partial charge in [-0.3, -0.25) is 0 Å². The molecule has 0 spiro atoms. The van der Waals surface area contributed by atoms with Gasteiger partial charge in [-0.1, -0.05) is 23.2 Å². The maximum Gasteiger partial charge on any atom is 0.140 e. The van der Waals surface area contributed by atoms with E-state index in [0.29, 0.717) is 4.47 Å². The van der Waals surface area contributed by atoms with Crippen molar-refractivity contribution in [2.75, 3.05) is 0 Å². The van der Waals surface area contributed by atoms with Gasteiger partial charge >= 0.3 is 0 Å². The lowest BCUT2D eigenvalue weighted by Crippen LogP contribution is -1.81. The second kappa shape index (κ2) is 3.60. The standard InChI is InChI=1S/C6HBr2Cl2F/c7-4-2(9)1-3(11)5(8)6(4)10/h1H. The molecule has 60 valence electrons. The van der Waals surface area contributed by atoms with Crippen molar-refractivity contribution in [3.05, 3.63) is 30.9 Å². The molecule has 11 heavy (non-hydrogen) atoms. The van der Waals surface area contributed by atoms with Crippen molar-refractivity contribution >= 4 is 55.1 Å². The number of hydrogen-bond acceptors (Lipinski definition) is 0. The molecule has 1 rings (SSSR count). The monoisotopic (exact) mass is 320 g/mol. The molecule has 5 heteroatoms. The molecule has 1 aromatic carbocycles. The van der Waals surface area contributed by atoms with Crippen LogP contribution in [0.2, 0.25) is 10.0 Å². The maximum absolute atomic E-state index is 12.8. The Bertz CT molecular complexity index is 275. The van der Waals surface area contributed by atoms with Gasteiger partial charge < -0.3 is 0 Å². The Morgan fingerprint density at radius 3 is 2.27 bits per heavy atom. The average Bonchev–Trinajstić information content (AvgIpc) is 1.97. The van der Waals surface area contributed by atoms with Crippen LogP contribution in [0.3, 0.4) is 0 Å². The van der Waals surface area contributed by atoms with Gasteiger partial charge in [0.25, 0.3) is 0 Å². The molecule has 0 saturated carbocycles. The van der Waals surface area contributed by atoms with E-state index in [4.69, 9.17) is 23.2 Å². The SMILES string of the molecule is Fc1cc(Cl)c(Br)c(Cl)c1Br. The summed E-state index contributed by atoms with van der Waals surface area (Å²) in [7, 11) is 0. The third-order valence-electron chi connectivity index (χ3n) is 1.06. The van der Waals surface area contributed by atoms with Gasteiger partial charge in [0.15, 0.2) is 0 Å². The van der Waals surface area contributed by atoms with Gasteiger partial charge in [-0.05, 0) is 37.9 Å². The van der Waals surface area contributed by atoms with Crippen molar-refractivity contribution in [2.45, 2.75) is 0 Å². The quantitative estimate of drug-likeness (QED) is 0.481. The Kier molecular flexibility index (Phi) is 3.20. The third kappa shape index (κ3) is 1.89. The molecule has 0 amide bonds. The van der Waals surface area contributed by atoms with Crippen molar-refractivity contribution in [1.82, 2.24) is 0 Å². The highest BCUT2D eigenvalue weighted by atomic mass is 79.9. The predicted octanol–water partition coefficient (Wildman–Crippen LogP) is 4.66. The summed E-state index contributed by atoms with van der Waals surface area (Å²) in [6, 6.07) is 1.18. The molecule has 0 heterocycles. The molecule has 0 N–H and O–H groups in total. The zero-order chi connectivity index (χ0) is 8.59. The van der Waals surface area contributed by atoms with E-state index >= 15 is 0 Å². The zero-order valence-electron chi connectivity index (χ0n) is 4.97. The molecule has 0 aliphatic heterocycles. The molecular weight excluding hydrogens is 322 g/mol. The Morgan fingerprint density at radius 2 is 1.73 bits per heavy atom. The van der Waals surface area contributed by atoms with Gasteiger partial charge in [0.1, 0.15) is 5.82 Å². The number of halogens is 5. The topological polar surface area (TPSA) is 0 Å². The maximum atomic E-state index is 12.8. The number of rotatable bonds is 0. The van der Waals surface area contributed by atoms with Crippen LogP contribution < -0.4 is 0 Å². The molecule has 0 saturated heterocycles. The predicted molar refractivity (Wildman–Crippen MR) is 51.8 cm³/mol. The minimum absolute atomic E-state index is 0.218. The molecule has 1 aromatic rings. The summed E-state index contributed by atoms with van der Waals surface area (Å²) in [5, 5.41) is 0.505. The van der Waals surface area contributed by atoms with E-state index in [1.165, 1.54) is 6.07 Å².